The summed E-state index contributed by atoms with van der Waals surface area (Å²) < 4.78 is 13.1. The van der Waals surface area contributed by atoms with Crippen LogP contribution in [0.3, 0.4) is 0 Å². The number of aliphatic hydroxyl groups excluding tert-OH is 1. The van der Waals surface area contributed by atoms with E-state index in [2.05, 4.69) is 32.6 Å². The average Bonchev–Trinajstić information content (AvgIpc) is 3.36. The maximum Gasteiger partial charge on any atom is 0.247 e. The molecule has 3 unspecified atom stereocenters. The van der Waals surface area contributed by atoms with Crippen molar-refractivity contribution in [3.63, 3.8) is 0 Å². The lowest BCUT2D eigenvalue weighted by Gasteiger charge is -2.45. The summed E-state index contributed by atoms with van der Waals surface area (Å²) in [5.74, 6) is 0.0533. The summed E-state index contributed by atoms with van der Waals surface area (Å²) in [5.41, 5.74) is 4.39. The highest BCUT2D eigenvalue weighted by atomic mass is 16.7. The molecule has 3 aliphatic heterocycles. The molecule has 0 radical (unpaired) electrons. The monoisotopic (exact) mass is 584 g/mol. The van der Waals surface area contributed by atoms with Gasteiger partial charge in [-0.1, -0.05) is 66.7 Å². The summed E-state index contributed by atoms with van der Waals surface area (Å²) in [6.45, 7) is 4.87. The van der Waals surface area contributed by atoms with Crippen molar-refractivity contribution < 1.29 is 24.2 Å². The average molecular weight is 585 g/mol. The Bertz CT molecular complexity index is 1390. The lowest BCUT2D eigenvalue weighted by atomic mass is 9.85. The standard InChI is InChI=1S/C34H40N4O5/c1-24(40)35-20-25-7-13-28(14-8-25)32-42-30(19-31(43-32)27-11-9-26(22-39)10-12-27)21-37-17-15-34(16-18-37)33(41)36-23-38(34)29-5-3-2-4-6-29/h2-14,30-32,39H,15-23H2,1H3,(H,35,40)(H,36,41). The molecule has 1 spiro atoms. The zero-order chi connectivity index (χ0) is 29.8. The summed E-state index contributed by atoms with van der Waals surface area (Å²) in [6, 6.07) is 26.1. The van der Waals surface area contributed by atoms with Crippen LogP contribution in [0.25, 0.3) is 0 Å². The Morgan fingerprint density at radius 1 is 0.953 bits per heavy atom. The Hall–Kier alpha value is -3.76. The number of carbonyl (C=O) groups is 2. The van der Waals surface area contributed by atoms with Crippen LogP contribution in [-0.2, 0) is 32.2 Å². The van der Waals surface area contributed by atoms with Crippen molar-refractivity contribution >= 4 is 17.5 Å². The molecule has 9 heteroatoms. The molecule has 226 valence electrons. The van der Waals surface area contributed by atoms with Crippen molar-refractivity contribution in [2.75, 3.05) is 31.2 Å². The molecule has 3 aromatic carbocycles. The van der Waals surface area contributed by atoms with Gasteiger partial charge in [0.2, 0.25) is 11.8 Å². The molecular formula is C34H40N4O5. The minimum absolute atomic E-state index is 0.00116. The number of aliphatic hydroxyl groups is 1. The molecule has 0 aliphatic carbocycles. The first-order valence-corrected chi connectivity index (χ1v) is 15.1. The third kappa shape index (κ3) is 6.45. The number of carbonyl (C=O) groups excluding carboxylic acids is 2. The van der Waals surface area contributed by atoms with Crippen LogP contribution in [0.15, 0.2) is 78.9 Å². The third-order valence-electron chi connectivity index (χ3n) is 8.96. The number of anilines is 1. The van der Waals surface area contributed by atoms with Crippen molar-refractivity contribution in [2.24, 2.45) is 0 Å². The Labute approximate surface area is 252 Å². The van der Waals surface area contributed by atoms with Crippen LogP contribution in [0.4, 0.5) is 5.69 Å². The fourth-order valence-corrected chi connectivity index (χ4v) is 6.48. The molecule has 2 amide bonds. The van der Waals surface area contributed by atoms with Gasteiger partial charge in [0.15, 0.2) is 6.29 Å². The third-order valence-corrected chi connectivity index (χ3v) is 8.96. The summed E-state index contributed by atoms with van der Waals surface area (Å²) in [5, 5.41) is 15.4. The Balaban J connectivity index is 1.16. The van der Waals surface area contributed by atoms with Gasteiger partial charge in [0.25, 0.3) is 0 Å². The Morgan fingerprint density at radius 2 is 1.63 bits per heavy atom. The second-order valence-corrected chi connectivity index (χ2v) is 11.8. The summed E-state index contributed by atoms with van der Waals surface area (Å²) in [4.78, 5) is 29.1. The van der Waals surface area contributed by atoms with E-state index in [1.54, 1.807) is 0 Å². The highest BCUT2D eigenvalue weighted by molar-refractivity contribution is 5.93. The van der Waals surface area contributed by atoms with Gasteiger partial charge >= 0.3 is 0 Å². The number of rotatable bonds is 8. The SMILES string of the molecule is CC(=O)NCc1ccc(C2OC(CN3CCC4(CC3)C(=O)NCN4c3ccccc3)CC(c3ccc(CO)cc3)O2)cc1. The summed E-state index contributed by atoms with van der Waals surface area (Å²) >= 11 is 0. The van der Waals surface area contributed by atoms with E-state index in [-0.39, 0.29) is 30.6 Å². The van der Waals surface area contributed by atoms with Crippen LogP contribution in [-0.4, -0.2) is 59.8 Å². The lowest BCUT2D eigenvalue weighted by Crippen LogP contribution is -2.57. The van der Waals surface area contributed by atoms with E-state index in [0.29, 0.717) is 19.6 Å². The second kappa shape index (κ2) is 12.9. The first kappa shape index (κ1) is 29.3. The maximum absolute atomic E-state index is 13.1. The second-order valence-electron chi connectivity index (χ2n) is 11.8. The van der Waals surface area contributed by atoms with E-state index in [0.717, 1.165) is 60.4 Å². The number of amides is 2. The number of likely N-dealkylation sites (tertiary alicyclic amines) is 1. The van der Waals surface area contributed by atoms with Gasteiger partial charge in [-0.05, 0) is 41.7 Å². The van der Waals surface area contributed by atoms with Crippen LogP contribution in [0.5, 0.6) is 0 Å². The maximum atomic E-state index is 13.1. The molecule has 3 fully saturated rings. The van der Waals surface area contributed by atoms with Crippen LogP contribution < -0.4 is 15.5 Å². The van der Waals surface area contributed by atoms with Crippen molar-refractivity contribution in [1.29, 1.82) is 0 Å². The minimum Gasteiger partial charge on any atom is -0.392 e. The first-order chi connectivity index (χ1) is 20.9. The smallest absolute Gasteiger partial charge is 0.247 e. The number of piperidine rings is 1. The predicted octanol–water partition coefficient (Wildman–Crippen LogP) is 3.79. The van der Waals surface area contributed by atoms with Crippen molar-refractivity contribution in [1.82, 2.24) is 15.5 Å². The molecule has 0 saturated carbocycles. The molecule has 3 atom stereocenters. The predicted molar refractivity (Wildman–Crippen MR) is 163 cm³/mol. The fraction of sp³-hybridized carbons (Fsp3) is 0.412. The molecule has 9 nitrogen and oxygen atoms in total. The number of para-hydroxylation sites is 1. The molecule has 3 heterocycles. The Morgan fingerprint density at radius 3 is 2.30 bits per heavy atom. The zero-order valence-electron chi connectivity index (χ0n) is 24.6. The molecule has 0 bridgehead atoms. The molecule has 3 aromatic rings. The largest absolute Gasteiger partial charge is 0.392 e. The van der Waals surface area contributed by atoms with Gasteiger partial charge in [0.05, 0.1) is 25.5 Å². The molecule has 43 heavy (non-hydrogen) atoms. The normalized spacial score (nSPS) is 23.7. The number of nitrogens with zero attached hydrogens (tertiary/aromatic N) is 2. The molecular weight excluding hydrogens is 544 g/mol. The van der Waals surface area contributed by atoms with E-state index in [9.17, 15) is 14.7 Å². The topological polar surface area (TPSA) is 103 Å². The van der Waals surface area contributed by atoms with E-state index < -0.39 is 11.8 Å². The van der Waals surface area contributed by atoms with Crippen molar-refractivity contribution in [3.8, 4) is 0 Å². The number of ether oxygens (including phenoxy) is 2. The van der Waals surface area contributed by atoms with Crippen molar-refractivity contribution in [3.05, 3.63) is 101 Å². The fourth-order valence-electron chi connectivity index (χ4n) is 6.48. The van der Waals surface area contributed by atoms with E-state index in [1.807, 2.05) is 66.7 Å². The van der Waals surface area contributed by atoms with E-state index in [4.69, 9.17) is 9.47 Å². The van der Waals surface area contributed by atoms with Crippen LogP contribution in [0.2, 0.25) is 0 Å². The summed E-state index contributed by atoms with van der Waals surface area (Å²) in [7, 11) is 0. The minimum atomic E-state index is -0.540. The molecule has 6 rings (SSSR count). The quantitative estimate of drug-likeness (QED) is 0.370. The Kier molecular flexibility index (Phi) is 8.76. The molecule has 0 aromatic heterocycles. The zero-order valence-corrected chi connectivity index (χ0v) is 24.6. The van der Waals surface area contributed by atoms with Gasteiger partial charge < -0.3 is 35.0 Å². The highest BCUT2D eigenvalue weighted by Crippen LogP contribution is 2.40. The van der Waals surface area contributed by atoms with Gasteiger partial charge in [-0.2, -0.15) is 0 Å². The van der Waals surface area contributed by atoms with Crippen LogP contribution >= 0.6 is 0 Å². The summed E-state index contributed by atoms with van der Waals surface area (Å²) in [6.07, 6.45) is 1.43. The number of hydrogen-bond donors (Lipinski definition) is 3. The molecule has 3 N–H and O–H groups in total. The van der Waals surface area contributed by atoms with Crippen molar-refractivity contribution in [2.45, 2.75) is 63.4 Å². The van der Waals surface area contributed by atoms with Crippen LogP contribution in [0.1, 0.15) is 60.8 Å². The van der Waals surface area contributed by atoms with E-state index >= 15 is 0 Å². The lowest BCUT2D eigenvalue weighted by molar-refractivity contribution is -0.253. The van der Waals surface area contributed by atoms with Gasteiger partial charge in [-0.25, -0.2) is 0 Å². The van der Waals surface area contributed by atoms with Gasteiger partial charge in [-0.15, -0.1) is 0 Å². The van der Waals surface area contributed by atoms with Gasteiger partial charge in [0.1, 0.15) is 5.54 Å². The number of benzene rings is 3. The molecule has 3 aliphatic rings. The van der Waals surface area contributed by atoms with E-state index in [1.165, 1.54) is 6.92 Å². The van der Waals surface area contributed by atoms with Gasteiger partial charge in [0, 0.05) is 50.8 Å². The highest BCUT2D eigenvalue weighted by Gasteiger charge is 2.50. The first-order valence-electron chi connectivity index (χ1n) is 15.1. The van der Waals surface area contributed by atoms with Crippen LogP contribution in [0, 0.1) is 0 Å². The van der Waals surface area contributed by atoms with Gasteiger partial charge in [-0.3, -0.25) is 9.59 Å². The number of nitrogens with one attached hydrogen (secondary N) is 2. The number of hydrogen-bond acceptors (Lipinski definition) is 7. The molecule has 3 saturated heterocycles.